The Morgan fingerprint density at radius 3 is 2.92 bits per heavy atom. The summed E-state index contributed by atoms with van der Waals surface area (Å²) >= 11 is 1.26. The van der Waals surface area contributed by atoms with Crippen LogP contribution in [-0.2, 0) is 11.3 Å². The second kappa shape index (κ2) is 7.72. The van der Waals surface area contributed by atoms with Crippen LogP contribution < -0.4 is 4.80 Å². The normalized spacial score (nSPS) is 11.3. The van der Waals surface area contributed by atoms with Gasteiger partial charge in [-0.1, -0.05) is 17.3 Å². The summed E-state index contributed by atoms with van der Waals surface area (Å²) in [5.41, 5.74) is 1.36. The van der Waals surface area contributed by atoms with Gasteiger partial charge in [0.15, 0.2) is 4.80 Å². The van der Waals surface area contributed by atoms with Crippen LogP contribution in [0.15, 0.2) is 41.8 Å². The van der Waals surface area contributed by atoms with E-state index >= 15 is 0 Å². The highest BCUT2D eigenvalue weighted by molar-refractivity contribution is 7.16. The number of terminal acetylenes is 1. The molecule has 0 unspecified atom stereocenters. The molecule has 3 aromatic rings. The van der Waals surface area contributed by atoms with Gasteiger partial charge in [-0.3, -0.25) is 9.78 Å². The Morgan fingerprint density at radius 2 is 2.23 bits per heavy atom. The van der Waals surface area contributed by atoms with E-state index in [0.717, 1.165) is 10.2 Å². The molecule has 0 aliphatic heterocycles. The zero-order valence-corrected chi connectivity index (χ0v) is 14.7. The van der Waals surface area contributed by atoms with Crippen molar-refractivity contribution in [3.05, 3.63) is 52.8 Å². The minimum Gasteiger partial charge on any atom is -0.462 e. The molecule has 1 aromatic carbocycles. The summed E-state index contributed by atoms with van der Waals surface area (Å²) in [6, 6.07) is 5.13. The molecule has 0 N–H and O–H groups in total. The number of ether oxygens (including phenoxy) is 1. The summed E-state index contributed by atoms with van der Waals surface area (Å²) in [6.07, 6.45) is 9.70. The summed E-state index contributed by atoms with van der Waals surface area (Å²) in [5, 5.41) is 0. The molecule has 0 atom stereocenters. The van der Waals surface area contributed by atoms with E-state index in [1.165, 1.54) is 29.9 Å². The molecule has 0 saturated heterocycles. The van der Waals surface area contributed by atoms with Gasteiger partial charge in [-0.2, -0.15) is 4.99 Å². The van der Waals surface area contributed by atoms with Crippen LogP contribution >= 0.6 is 11.3 Å². The van der Waals surface area contributed by atoms with Crippen molar-refractivity contribution in [2.75, 3.05) is 6.61 Å². The summed E-state index contributed by atoms with van der Waals surface area (Å²) in [7, 11) is 0. The Bertz CT molecular complexity index is 1080. The lowest BCUT2D eigenvalue weighted by Gasteiger charge is -2.03. The number of thiazole rings is 1. The summed E-state index contributed by atoms with van der Waals surface area (Å²) < 4.78 is 7.53. The fourth-order valence-corrected chi connectivity index (χ4v) is 3.36. The Balaban J connectivity index is 2.11. The van der Waals surface area contributed by atoms with E-state index in [4.69, 9.17) is 11.2 Å². The molecule has 7 nitrogen and oxygen atoms in total. The number of benzene rings is 1. The molecule has 0 aliphatic rings. The molecule has 0 saturated carbocycles. The van der Waals surface area contributed by atoms with Crippen molar-refractivity contribution in [2.45, 2.75) is 13.5 Å². The first-order chi connectivity index (χ1) is 12.6. The van der Waals surface area contributed by atoms with Crippen molar-refractivity contribution in [3.8, 4) is 12.3 Å². The third-order valence-corrected chi connectivity index (χ3v) is 4.46. The van der Waals surface area contributed by atoms with Crippen molar-refractivity contribution >= 4 is 33.4 Å². The number of carbonyl (C=O) groups is 2. The maximum absolute atomic E-state index is 12.3. The van der Waals surface area contributed by atoms with E-state index in [0.29, 0.717) is 17.0 Å². The number of carbonyl (C=O) groups excluding carboxylic acids is 2. The van der Waals surface area contributed by atoms with Crippen LogP contribution in [0.5, 0.6) is 0 Å². The topological polar surface area (TPSA) is 86.4 Å². The number of fused-ring (bicyclic) bond motifs is 1. The van der Waals surface area contributed by atoms with Crippen molar-refractivity contribution in [1.82, 2.24) is 14.5 Å². The van der Waals surface area contributed by atoms with Crippen LogP contribution in [0.2, 0.25) is 0 Å². The quantitative estimate of drug-likeness (QED) is 0.521. The highest BCUT2D eigenvalue weighted by Crippen LogP contribution is 2.20. The lowest BCUT2D eigenvalue weighted by Crippen LogP contribution is -2.17. The van der Waals surface area contributed by atoms with Gasteiger partial charge in [0, 0.05) is 12.4 Å². The summed E-state index contributed by atoms with van der Waals surface area (Å²) in [5.74, 6) is 1.64. The minimum atomic E-state index is -0.513. The Morgan fingerprint density at radius 1 is 1.38 bits per heavy atom. The van der Waals surface area contributed by atoms with Crippen LogP contribution in [0.1, 0.15) is 27.8 Å². The maximum Gasteiger partial charge on any atom is 0.338 e. The molecule has 0 aliphatic carbocycles. The molecule has 8 heteroatoms. The van der Waals surface area contributed by atoms with Crippen LogP contribution in [0.4, 0.5) is 0 Å². The zero-order chi connectivity index (χ0) is 18.5. The number of esters is 1. The van der Waals surface area contributed by atoms with E-state index in [1.807, 2.05) is 0 Å². The van der Waals surface area contributed by atoms with E-state index in [9.17, 15) is 9.59 Å². The smallest absolute Gasteiger partial charge is 0.338 e. The van der Waals surface area contributed by atoms with E-state index in [-0.39, 0.29) is 12.2 Å². The second-order valence-corrected chi connectivity index (χ2v) is 6.09. The minimum absolute atomic E-state index is 0.143. The summed E-state index contributed by atoms with van der Waals surface area (Å²) in [4.78, 5) is 36.6. The third kappa shape index (κ3) is 3.53. The predicted octanol–water partition coefficient (Wildman–Crippen LogP) is 2.04. The number of nitrogens with zero attached hydrogens (tertiary/aromatic N) is 4. The van der Waals surface area contributed by atoms with Gasteiger partial charge in [0.2, 0.25) is 0 Å². The van der Waals surface area contributed by atoms with Gasteiger partial charge in [-0.15, -0.1) is 6.42 Å². The number of hydrogen-bond donors (Lipinski definition) is 0. The second-order valence-electron chi connectivity index (χ2n) is 5.09. The van der Waals surface area contributed by atoms with Gasteiger partial charge < -0.3 is 9.30 Å². The number of aromatic nitrogens is 3. The lowest BCUT2D eigenvalue weighted by atomic mass is 10.2. The highest BCUT2D eigenvalue weighted by atomic mass is 32.1. The van der Waals surface area contributed by atoms with Crippen molar-refractivity contribution in [2.24, 2.45) is 4.99 Å². The van der Waals surface area contributed by atoms with Crippen molar-refractivity contribution < 1.29 is 14.3 Å². The molecule has 0 fully saturated rings. The third-order valence-electron chi connectivity index (χ3n) is 3.42. The van der Waals surface area contributed by atoms with Gasteiger partial charge >= 0.3 is 5.97 Å². The molecular formula is C18H14N4O3S. The molecule has 1 amide bonds. The highest BCUT2D eigenvalue weighted by Gasteiger charge is 2.13. The molecule has 2 heterocycles. The first kappa shape index (κ1) is 17.5. The van der Waals surface area contributed by atoms with Gasteiger partial charge in [0.1, 0.15) is 5.69 Å². The number of hydrogen-bond acceptors (Lipinski definition) is 6. The van der Waals surface area contributed by atoms with Crippen molar-refractivity contribution in [3.63, 3.8) is 0 Å². The molecule has 26 heavy (non-hydrogen) atoms. The Labute approximate surface area is 153 Å². The lowest BCUT2D eigenvalue weighted by molar-refractivity contribution is 0.0526. The molecule has 130 valence electrons. The number of amides is 1. The Kier molecular flexibility index (Phi) is 5.20. The van der Waals surface area contributed by atoms with Crippen LogP contribution in [0.3, 0.4) is 0 Å². The van der Waals surface area contributed by atoms with E-state index in [2.05, 4.69) is 20.9 Å². The van der Waals surface area contributed by atoms with Crippen molar-refractivity contribution in [1.29, 1.82) is 0 Å². The molecule has 0 radical (unpaired) electrons. The van der Waals surface area contributed by atoms with Gasteiger partial charge in [-0.05, 0) is 25.1 Å². The first-order valence-corrected chi connectivity index (χ1v) is 8.54. The van der Waals surface area contributed by atoms with E-state index < -0.39 is 11.9 Å². The monoisotopic (exact) mass is 366 g/mol. The zero-order valence-electron chi connectivity index (χ0n) is 13.9. The van der Waals surface area contributed by atoms with E-state index in [1.54, 1.807) is 29.7 Å². The SMILES string of the molecule is C#CCn1c(=NC(=O)c2cnccn2)sc2cc(C(=O)OCC)ccc21. The fraction of sp³-hybridized carbons (Fsp3) is 0.167. The Hall–Kier alpha value is -3.31. The van der Waals surface area contributed by atoms with Gasteiger partial charge in [0.25, 0.3) is 5.91 Å². The molecule has 0 bridgehead atoms. The average Bonchev–Trinajstić information content (AvgIpc) is 2.99. The van der Waals surface area contributed by atoms with Crippen LogP contribution in [-0.4, -0.2) is 33.0 Å². The maximum atomic E-state index is 12.3. The first-order valence-electron chi connectivity index (χ1n) is 7.73. The van der Waals surface area contributed by atoms with Crippen LogP contribution in [0, 0.1) is 12.3 Å². The van der Waals surface area contributed by atoms with Gasteiger partial charge in [-0.25, -0.2) is 9.78 Å². The van der Waals surface area contributed by atoms with Crippen LogP contribution in [0.25, 0.3) is 10.2 Å². The average molecular weight is 366 g/mol. The van der Waals surface area contributed by atoms with Gasteiger partial charge in [0.05, 0.1) is 35.1 Å². The molecule has 3 rings (SSSR count). The molecule has 0 spiro atoms. The standard InChI is InChI=1S/C18H14N4O3S/c1-3-9-22-14-6-5-12(17(24)25-4-2)10-15(14)26-18(22)21-16(23)13-11-19-7-8-20-13/h1,5-8,10-11H,4,9H2,2H3. The summed E-state index contributed by atoms with van der Waals surface area (Å²) in [6.45, 7) is 2.29. The fourth-order valence-electron chi connectivity index (χ4n) is 2.30. The number of rotatable bonds is 4. The predicted molar refractivity (Wildman–Crippen MR) is 96.5 cm³/mol. The molecule has 2 aromatic heterocycles. The molecular weight excluding hydrogens is 352 g/mol. The largest absolute Gasteiger partial charge is 0.462 e.